The van der Waals surface area contributed by atoms with Crippen molar-refractivity contribution in [3.05, 3.63) is 17.1 Å². The number of morpholine rings is 1. The maximum atomic E-state index is 12.9. The minimum atomic E-state index is 0.178. The summed E-state index contributed by atoms with van der Waals surface area (Å²) in [5.41, 5.74) is 2.26. The average molecular weight is 445 g/mol. The quantitative estimate of drug-likeness (QED) is 0.439. The van der Waals surface area contributed by atoms with Gasteiger partial charge in [0.15, 0.2) is 0 Å². The molecule has 2 unspecified atom stereocenters. The Morgan fingerprint density at radius 3 is 2.25 bits per heavy atom. The topological polar surface area (TPSA) is 58.6 Å². The lowest BCUT2D eigenvalue weighted by atomic mass is 10.0. The number of nitrogens with zero attached hydrogens (tertiary/aromatic N) is 4. The van der Waals surface area contributed by atoms with Crippen LogP contribution in [0.4, 0.5) is 5.82 Å². The van der Waals surface area contributed by atoms with Crippen molar-refractivity contribution in [1.82, 2.24) is 14.9 Å². The van der Waals surface area contributed by atoms with Crippen molar-refractivity contribution < 1.29 is 9.53 Å². The number of ether oxygens (including phenoxy) is 1. The van der Waals surface area contributed by atoms with Crippen LogP contribution in [0.5, 0.6) is 0 Å². The van der Waals surface area contributed by atoms with Crippen molar-refractivity contribution in [3.63, 3.8) is 0 Å². The van der Waals surface area contributed by atoms with Gasteiger partial charge < -0.3 is 14.5 Å². The second kappa shape index (κ2) is 12.5. The third-order valence-corrected chi connectivity index (χ3v) is 6.72. The summed E-state index contributed by atoms with van der Waals surface area (Å²) in [4.78, 5) is 26.8. The first kappa shape index (κ1) is 24.9. The monoisotopic (exact) mass is 444 g/mol. The second-order valence-electron chi connectivity index (χ2n) is 9.83. The second-order valence-corrected chi connectivity index (χ2v) is 9.83. The SMILES string of the molecule is CCCCCCCCCCCC(=O)N1CCc2nc(C)nc(N3CC(C)OC(C)C3)c2C1. The highest BCUT2D eigenvalue weighted by Gasteiger charge is 2.30. The van der Waals surface area contributed by atoms with Gasteiger partial charge in [-0.05, 0) is 27.2 Å². The van der Waals surface area contributed by atoms with Gasteiger partial charge in [0.05, 0.1) is 24.4 Å². The van der Waals surface area contributed by atoms with Gasteiger partial charge in [0, 0.05) is 38.0 Å². The predicted molar refractivity (Wildman–Crippen MR) is 130 cm³/mol. The van der Waals surface area contributed by atoms with Crippen LogP contribution in [0, 0.1) is 6.92 Å². The fourth-order valence-electron chi connectivity index (χ4n) is 5.09. The maximum absolute atomic E-state index is 12.9. The molecule has 1 aromatic heterocycles. The smallest absolute Gasteiger partial charge is 0.222 e. The number of aromatic nitrogens is 2. The largest absolute Gasteiger partial charge is 0.372 e. The molecule has 6 nitrogen and oxygen atoms in total. The van der Waals surface area contributed by atoms with E-state index in [9.17, 15) is 4.79 Å². The van der Waals surface area contributed by atoms with E-state index in [1.165, 1.54) is 51.4 Å². The van der Waals surface area contributed by atoms with Crippen LogP contribution in [0.3, 0.4) is 0 Å². The molecule has 3 heterocycles. The van der Waals surface area contributed by atoms with E-state index in [0.29, 0.717) is 13.0 Å². The minimum Gasteiger partial charge on any atom is -0.372 e. The summed E-state index contributed by atoms with van der Waals surface area (Å²) >= 11 is 0. The van der Waals surface area contributed by atoms with Gasteiger partial charge in [0.2, 0.25) is 5.91 Å². The molecule has 6 heteroatoms. The lowest BCUT2D eigenvalue weighted by Crippen LogP contribution is -2.47. The summed E-state index contributed by atoms with van der Waals surface area (Å²) in [6, 6.07) is 0. The molecule has 0 aliphatic carbocycles. The zero-order chi connectivity index (χ0) is 22.9. The molecule has 180 valence electrons. The van der Waals surface area contributed by atoms with Gasteiger partial charge in [-0.3, -0.25) is 4.79 Å². The summed E-state index contributed by atoms with van der Waals surface area (Å²) in [5.74, 6) is 2.11. The standard InChI is InChI=1S/C26H44N4O2/c1-5-6-7-8-9-10-11-12-13-14-25(31)29-16-15-24-23(19-29)26(28-22(4)27-24)30-17-20(2)32-21(3)18-30/h20-21H,5-19H2,1-4H3. The number of rotatable bonds is 11. The number of aryl methyl sites for hydroxylation is 1. The molecule has 2 atom stereocenters. The third-order valence-electron chi connectivity index (χ3n) is 6.72. The zero-order valence-corrected chi connectivity index (χ0v) is 20.9. The van der Waals surface area contributed by atoms with Crippen molar-refractivity contribution in [2.45, 2.75) is 117 Å². The molecule has 0 N–H and O–H groups in total. The van der Waals surface area contributed by atoms with E-state index in [1.807, 2.05) is 11.8 Å². The Balaban J connectivity index is 1.50. The first-order chi connectivity index (χ1) is 15.5. The van der Waals surface area contributed by atoms with E-state index in [0.717, 1.165) is 55.4 Å². The Morgan fingerprint density at radius 1 is 0.969 bits per heavy atom. The van der Waals surface area contributed by atoms with Gasteiger partial charge in [-0.25, -0.2) is 9.97 Å². The molecule has 1 aromatic rings. The Hall–Kier alpha value is -1.69. The van der Waals surface area contributed by atoms with Crippen LogP contribution in [0.1, 0.15) is 102 Å². The van der Waals surface area contributed by atoms with Crippen molar-refractivity contribution in [2.24, 2.45) is 0 Å². The van der Waals surface area contributed by atoms with Crippen molar-refractivity contribution in [3.8, 4) is 0 Å². The van der Waals surface area contributed by atoms with E-state index >= 15 is 0 Å². The highest BCUT2D eigenvalue weighted by Crippen LogP contribution is 2.29. The molecular weight excluding hydrogens is 400 g/mol. The Labute approximate surface area is 195 Å². The van der Waals surface area contributed by atoms with Gasteiger partial charge >= 0.3 is 0 Å². The molecule has 2 aliphatic heterocycles. The van der Waals surface area contributed by atoms with Crippen LogP contribution in [0.2, 0.25) is 0 Å². The number of anilines is 1. The molecule has 0 aromatic carbocycles. The minimum absolute atomic E-state index is 0.178. The lowest BCUT2D eigenvalue weighted by molar-refractivity contribution is -0.132. The third kappa shape index (κ3) is 7.16. The normalized spacial score (nSPS) is 21.0. The molecule has 1 amide bonds. The van der Waals surface area contributed by atoms with E-state index in [-0.39, 0.29) is 18.1 Å². The van der Waals surface area contributed by atoms with Crippen LogP contribution in [0.25, 0.3) is 0 Å². The number of carbonyl (C=O) groups is 1. The number of hydrogen-bond donors (Lipinski definition) is 0. The van der Waals surface area contributed by atoms with Crippen molar-refractivity contribution in [2.75, 3.05) is 24.5 Å². The molecule has 3 rings (SSSR count). The fraction of sp³-hybridized carbons (Fsp3) is 0.808. The number of carbonyl (C=O) groups excluding carboxylic acids is 1. The Morgan fingerprint density at radius 2 is 1.59 bits per heavy atom. The van der Waals surface area contributed by atoms with E-state index in [1.54, 1.807) is 0 Å². The highest BCUT2D eigenvalue weighted by molar-refractivity contribution is 5.76. The van der Waals surface area contributed by atoms with Gasteiger partial charge in [-0.1, -0.05) is 58.3 Å². The van der Waals surface area contributed by atoms with Crippen molar-refractivity contribution in [1.29, 1.82) is 0 Å². The number of hydrogen-bond acceptors (Lipinski definition) is 5. The molecule has 0 spiro atoms. The summed E-state index contributed by atoms with van der Waals surface area (Å²) < 4.78 is 5.92. The fourth-order valence-corrected chi connectivity index (χ4v) is 5.09. The van der Waals surface area contributed by atoms with Crippen LogP contribution in [0.15, 0.2) is 0 Å². The van der Waals surface area contributed by atoms with Gasteiger partial charge in [-0.2, -0.15) is 0 Å². The van der Waals surface area contributed by atoms with Gasteiger partial charge in [-0.15, -0.1) is 0 Å². The van der Waals surface area contributed by atoms with Crippen LogP contribution in [-0.2, 0) is 22.5 Å². The number of unbranched alkanes of at least 4 members (excludes halogenated alkanes) is 8. The molecule has 1 saturated heterocycles. The van der Waals surface area contributed by atoms with E-state index in [4.69, 9.17) is 14.7 Å². The van der Waals surface area contributed by atoms with E-state index in [2.05, 4.69) is 25.7 Å². The van der Waals surface area contributed by atoms with Crippen LogP contribution >= 0.6 is 0 Å². The van der Waals surface area contributed by atoms with Crippen LogP contribution in [-0.4, -0.2) is 52.6 Å². The summed E-state index contributed by atoms with van der Waals surface area (Å²) in [7, 11) is 0. The average Bonchev–Trinajstić information content (AvgIpc) is 2.76. The predicted octanol–water partition coefficient (Wildman–Crippen LogP) is 5.20. The molecule has 0 radical (unpaired) electrons. The van der Waals surface area contributed by atoms with Crippen LogP contribution < -0.4 is 4.90 Å². The molecule has 0 saturated carbocycles. The molecular formula is C26H44N4O2. The van der Waals surface area contributed by atoms with Gasteiger partial charge in [0.25, 0.3) is 0 Å². The zero-order valence-electron chi connectivity index (χ0n) is 20.9. The summed E-state index contributed by atoms with van der Waals surface area (Å²) in [5, 5.41) is 0. The first-order valence-electron chi connectivity index (χ1n) is 13.0. The van der Waals surface area contributed by atoms with Gasteiger partial charge in [0.1, 0.15) is 11.6 Å². The Bertz CT molecular complexity index is 729. The maximum Gasteiger partial charge on any atom is 0.222 e. The summed E-state index contributed by atoms with van der Waals surface area (Å²) in [6.07, 6.45) is 13.3. The number of fused-ring (bicyclic) bond motifs is 1. The first-order valence-corrected chi connectivity index (χ1v) is 13.0. The van der Waals surface area contributed by atoms with Crippen molar-refractivity contribution >= 4 is 11.7 Å². The molecule has 0 bridgehead atoms. The number of amides is 1. The summed E-state index contributed by atoms with van der Waals surface area (Å²) in [6.45, 7) is 11.5. The highest BCUT2D eigenvalue weighted by atomic mass is 16.5. The Kier molecular flexibility index (Phi) is 9.76. The molecule has 1 fully saturated rings. The molecule has 2 aliphatic rings. The lowest BCUT2D eigenvalue weighted by Gasteiger charge is -2.38. The molecule has 32 heavy (non-hydrogen) atoms. The van der Waals surface area contributed by atoms with E-state index < -0.39 is 0 Å².